The number of anilines is 1. The molecule has 1 aromatic carbocycles. The number of aryl methyl sites for hydroxylation is 1. The molecule has 0 spiro atoms. The number of nitrogens with zero attached hydrogens (tertiary/aromatic N) is 1. The van der Waals surface area contributed by atoms with Crippen LogP contribution in [0.25, 0.3) is 0 Å². The molecule has 20 heavy (non-hydrogen) atoms. The summed E-state index contributed by atoms with van der Waals surface area (Å²) in [5, 5.41) is 11.3. The number of hydrogen-bond acceptors (Lipinski definition) is 3. The maximum atomic E-state index is 12.4. The van der Waals surface area contributed by atoms with Gasteiger partial charge >= 0.3 is 0 Å². The van der Waals surface area contributed by atoms with E-state index in [4.69, 9.17) is 5.11 Å². The number of carbonyl (C=O) groups excluding carboxylic acids is 2. The summed E-state index contributed by atoms with van der Waals surface area (Å²) in [6, 6.07) is 5.18. The van der Waals surface area contributed by atoms with Gasteiger partial charge in [0, 0.05) is 16.7 Å². The highest BCUT2D eigenvalue weighted by Crippen LogP contribution is 2.26. The molecule has 1 heterocycles. The molecule has 0 bridgehead atoms. The van der Waals surface area contributed by atoms with Gasteiger partial charge in [-0.15, -0.1) is 0 Å². The lowest BCUT2D eigenvalue weighted by atomic mass is 10.0. The lowest BCUT2D eigenvalue weighted by Gasteiger charge is -2.32. The molecule has 1 atom stereocenters. The largest absolute Gasteiger partial charge is 0.387 e. The second-order valence-electron chi connectivity index (χ2n) is 4.84. The summed E-state index contributed by atoms with van der Waals surface area (Å²) >= 11 is 3.43. The van der Waals surface area contributed by atoms with E-state index in [-0.39, 0.29) is 5.91 Å². The number of carbonyl (C=O) groups is 2. The Hall–Kier alpha value is -1.40. The highest BCUT2D eigenvalue weighted by Gasteiger charge is 2.30. The molecule has 6 heteroatoms. The first-order valence-electron chi connectivity index (χ1n) is 6.50. The fourth-order valence-electron chi connectivity index (χ4n) is 2.30. The minimum atomic E-state index is -0.596. The third kappa shape index (κ3) is 3.19. The third-order valence-electron chi connectivity index (χ3n) is 3.37. The molecule has 1 fully saturated rings. The SMILES string of the molecule is Cc1cc(N2CCCC(NC(=O)CO)C2=O)ccc1Br. The van der Waals surface area contributed by atoms with Crippen molar-refractivity contribution in [3.05, 3.63) is 28.2 Å². The molecule has 0 radical (unpaired) electrons. The molecule has 1 saturated heterocycles. The third-order valence-corrected chi connectivity index (χ3v) is 4.26. The Balaban J connectivity index is 2.17. The Morgan fingerprint density at radius 3 is 2.95 bits per heavy atom. The summed E-state index contributed by atoms with van der Waals surface area (Å²) in [5.41, 5.74) is 1.88. The summed E-state index contributed by atoms with van der Waals surface area (Å²) in [7, 11) is 0. The number of aliphatic hydroxyl groups excluding tert-OH is 1. The van der Waals surface area contributed by atoms with Gasteiger partial charge in [-0.2, -0.15) is 0 Å². The van der Waals surface area contributed by atoms with Crippen LogP contribution in [-0.4, -0.2) is 36.1 Å². The van der Waals surface area contributed by atoms with E-state index in [1.807, 2.05) is 25.1 Å². The van der Waals surface area contributed by atoms with Gasteiger partial charge in [0.2, 0.25) is 11.8 Å². The number of benzene rings is 1. The van der Waals surface area contributed by atoms with Crippen molar-refractivity contribution in [3.8, 4) is 0 Å². The van der Waals surface area contributed by atoms with Crippen molar-refractivity contribution in [2.45, 2.75) is 25.8 Å². The highest BCUT2D eigenvalue weighted by molar-refractivity contribution is 9.10. The molecule has 0 aromatic heterocycles. The van der Waals surface area contributed by atoms with E-state index in [0.717, 1.165) is 22.1 Å². The first-order chi connectivity index (χ1) is 9.52. The Labute approximate surface area is 126 Å². The molecular weight excluding hydrogens is 324 g/mol. The van der Waals surface area contributed by atoms with Crippen molar-refractivity contribution in [1.29, 1.82) is 0 Å². The summed E-state index contributed by atoms with van der Waals surface area (Å²) in [6.45, 7) is 2.01. The lowest BCUT2D eigenvalue weighted by Crippen LogP contribution is -2.53. The van der Waals surface area contributed by atoms with Gasteiger partial charge in [-0.1, -0.05) is 15.9 Å². The van der Waals surface area contributed by atoms with E-state index in [0.29, 0.717) is 13.0 Å². The molecular formula is C14H17BrN2O3. The van der Waals surface area contributed by atoms with E-state index in [9.17, 15) is 9.59 Å². The number of hydrogen-bond donors (Lipinski definition) is 2. The first-order valence-corrected chi connectivity index (χ1v) is 7.30. The van der Waals surface area contributed by atoms with Crippen LogP contribution >= 0.6 is 15.9 Å². The Morgan fingerprint density at radius 1 is 1.55 bits per heavy atom. The first kappa shape index (κ1) is 15.0. The predicted octanol–water partition coefficient (Wildman–Crippen LogP) is 1.36. The summed E-state index contributed by atoms with van der Waals surface area (Å²) in [4.78, 5) is 25.3. The molecule has 0 saturated carbocycles. The molecule has 5 nitrogen and oxygen atoms in total. The van der Waals surface area contributed by atoms with Crippen molar-refractivity contribution in [2.75, 3.05) is 18.1 Å². The fourth-order valence-corrected chi connectivity index (χ4v) is 2.55. The van der Waals surface area contributed by atoms with Crippen molar-refractivity contribution in [1.82, 2.24) is 5.32 Å². The van der Waals surface area contributed by atoms with Crippen LogP contribution in [0, 0.1) is 6.92 Å². The number of amides is 2. The maximum absolute atomic E-state index is 12.4. The number of aliphatic hydroxyl groups is 1. The van der Waals surface area contributed by atoms with Gasteiger partial charge in [0.1, 0.15) is 12.6 Å². The van der Waals surface area contributed by atoms with Crippen LogP contribution in [0.3, 0.4) is 0 Å². The Bertz CT molecular complexity index is 533. The van der Waals surface area contributed by atoms with Crippen LogP contribution in [-0.2, 0) is 9.59 Å². The van der Waals surface area contributed by atoms with E-state index in [1.165, 1.54) is 0 Å². The zero-order valence-corrected chi connectivity index (χ0v) is 12.8. The topological polar surface area (TPSA) is 69.6 Å². The number of piperidine rings is 1. The monoisotopic (exact) mass is 340 g/mol. The van der Waals surface area contributed by atoms with Crippen LogP contribution in [0.15, 0.2) is 22.7 Å². The van der Waals surface area contributed by atoms with Gasteiger partial charge in [0.05, 0.1) is 0 Å². The summed E-state index contributed by atoms with van der Waals surface area (Å²) < 4.78 is 0.996. The molecule has 1 aromatic rings. The van der Waals surface area contributed by atoms with E-state index in [1.54, 1.807) is 4.90 Å². The lowest BCUT2D eigenvalue weighted by molar-refractivity contribution is -0.130. The highest BCUT2D eigenvalue weighted by atomic mass is 79.9. The van der Waals surface area contributed by atoms with Crippen molar-refractivity contribution < 1.29 is 14.7 Å². The minimum Gasteiger partial charge on any atom is -0.387 e. The zero-order chi connectivity index (χ0) is 14.7. The Kier molecular flexibility index (Phi) is 4.77. The smallest absolute Gasteiger partial charge is 0.249 e. The molecule has 1 aliphatic rings. The maximum Gasteiger partial charge on any atom is 0.249 e. The number of nitrogens with one attached hydrogen (secondary N) is 1. The Morgan fingerprint density at radius 2 is 2.30 bits per heavy atom. The number of rotatable bonds is 3. The van der Waals surface area contributed by atoms with E-state index >= 15 is 0 Å². The normalized spacial score (nSPS) is 19.1. The number of halogens is 1. The molecule has 2 amide bonds. The predicted molar refractivity (Wildman–Crippen MR) is 79.5 cm³/mol. The standard InChI is InChI=1S/C14H17BrN2O3/c1-9-7-10(4-5-11(9)15)17-6-2-3-12(14(17)20)16-13(19)8-18/h4-5,7,12,18H,2-3,6,8H2,1H3,(H,16,19). The minimum absolute atomic E-state index is 0.125. The average Bonchev–Trinajstić information content (AvgIpc) is 2.44. The molecule has 2 N–H and O–H groups in total. The van der Waals surface area contributed by atoms with Crippen LogP contribution < -0.4 is 10.2 Å². The van der Waals surface area contributed by atoms with Gasteiger partial charge in [-0.25, -0.2) is 0 Å². The quantitative estimate of drug-likeness (QED) is 0.872. The van der Waals surface area contributed by atoms with Crippen molar-refractivity contribution in [3.63, 3.8) is 0 Å². The van der Waals surface area contributed by atoms with Crippen LogP contribution in [0.4, 0.5) is 5.69 Å². The fraction of sp³-hybridized carbons (Fsp3) is 0.429. The molecule has 1 aliphatic heterocycles. The van der Waals surface area contributed by atoms with Gasteiger partial charge in [-0.3, -0.25) is 9.59 Å². The van der Waals surface area contributed by atoms with Crippen molar-refractivity contribution >= 4 is 33.4 Å². The zero-order valence-electron chi connectivity index (χ0n) is 11.2. The van der Waals surface area contributed by atoms with Gasteiger partial charge < -0.3 is 15.3 Å². The molecule has 108 valence electrons. The molecule has 2 rings (SSSR count). The molecule has 0 aliphatic carbocycles. The summed E-state index contributed by atoms with van der Waals surface area (Å²) in [5.74, 6) is -0.642. The van der Waals surface area contributed by atoms with E-state index in [2.05, 4.69) is 21.2 Å². The van der Waals surface area contributed by atoms with Gasteiger partial charge in [0.25, 0.3) is 0 Å². The second kappa shape index (κ2) is 6.37. The van der Waals surface area contributed by atoms with Gasteiger partial charge in [0.15, 0.2) is 0 Å². The van der Waals surface area contributed by atoms with Crippen LogP contribution in [0.1, 0.15) is 18.4 Å². The second-order valence-corrected chi connectivity index (χ2v) is 5.70. The average molecular weight is 341 g/mol. The van der Waals surface area contributed by atoms with Crippen molar-refractivity contribution in [2.24, 2.45) is 0 Å². The van der Waals surface area contributed by atoms with Crippen LogP contribution in [0.5, 0.6) is 0 Å². The molecule has 1 unspecified atom stereocenters. The summed E-state index contributed by atoms with van der Waals surface area (Å²) in [6.07, 6.45) is 1.42. The van der Waals surface area contributed by atoms with Gasteiger partial charge in [-0.05, 0) is 43.5 Å². The van der Waals surface area contributed by atoms with Crippen LogP contribution in [0.2, 0.25) is 0 Å². The van der Waals surface area contributed by atoms with E-state index < -0.39 is 18.6 Å².